The molecule has 10 heteroatoms. The Hall–Kier alpha value is -2.98. The fraction of sp³-hybridized carbons (Fsp3) is 0.211. The van der Waals surface area contributed by atoms with Crippen LogP contribution in [-0.2, 0) is 4.79 Å². The van der Waals surface area contributed by atoms with E-state index < -0.39 is 4.92 Å². The van der Waals surface area contributed by atoms with Gasteiger partial charge in [0.25, 0.3) is 5.69 Å². The standard InChI is InChI=1S/C19H19N5O3S2/c1-11-4-7-15(16(8-11)24(26)27)21-17(25)10-28-19-23-22-18(29-19)20-14-6-5-12(2)13(3)9-14/h4-9H,10H2,1-3H3,(H,20,22)(H,21,25). The van der Waals surface area contributed by atoms with E-state index in [1.807, 2.05) is 25.1 Å². The third-order valence-corrected chi connectivity index (χ3v) is 6.09. The highest BCUT2D eigenvalue weighted by atomic mass is 32.2. The number of hydrogen-bond acceptors (Lipinski definition) is 8. The minimum Gasteiger partial charge on any atom is -0.330 e. The van der Waals surface area contributed by atoms with Gasteiger partial charge in [-0.05, 0) is 55.7 Å². The Kier molecular flexibility index (Phi) is 6.45. The smallest absolute Gasteiger partial charge is 0.293 e. The topological polar surface area (TPSA) is 110 Å². The number of amides is 1. The van der Waals surface area contributed by atoms with Crippen molar-refractivity contribution < 1.29 is 9.72 Å². The van der Waals surface area contributed by atoms with E-state index in [1.165, 1.54) is 46.4 Å². The Morgan fingerprint density at radius 1 is 1.14 bits per heavy atom. The van der Waals surface area contributed by atoms with Gasteiger partial charge >= 0.3 is 0 Å². The van der Waals surface area contributed by atoms with Gasteiger partial charge in [-0.2, -0.15) is 0 Å². The molecular formula is C19H19N5O3S2. The SMILES string of the molecule is Cc1ccc(NC(=O)CSc2nnc(Nc3ccc(C)c(C)c3)s2)c([N+](=O)[O-])c1. The van der Waals surface area contributed by atoms with Crippen molar-refractivity contribution in [1.82, 2.24) is 10.2 Å². The fourth-order valence-corrected chi connectivity index (χ4v) is 4.05. The van der Waals surface area contributed by atoms with Crippen molar-refractivity contribution in [2.45, 2.75) is 25.1 Å². The lowest BCUT2D eigenvalue weighted by molar-refractivity contribution is -0.384. The summed E-state index contributed by atoms with van der Waals surface area (Å²) in [5.74, 6) is -0.274. The van der Waals surface area contributed by atoms with Crippen LogP contribution in [0.1, 0.15) is 16.7 Å². The molecule has 0 unspecified atom stereocenters. The van der Waals surface area contributed by atoms with Crippen LogP contribution in [-0.4, -0.2) is 26.8 Å². The Labute approximate surface area is 175 Å². The first-order valence-corrected chi connectivity index (χ1v) is 10.5. The summed E-state index contributed by atoms with van der Waals surface area (Å²) in [5, 5.41) is 25.7. The van der Waals surface area contributed by atoms with Gasteiger partial charge in [-0.25, -0.2) is 0 Å². The molecule has 0 aliphatic carbocycles. The maximum atomic E-state index is 12.2. The van der Waals surface area contributed by atoms with Gasteiger partial charge in [0.15, 0.2) is 4.34 Å². The predicted octanol–water partition coefficient (Wildman–Crippen LogP) is 4.85. The number of aryl methyl sites for hydroxylation is 3. The minimum atomic E-state index is -0.509. The van der Waals surface area contributed by atoms with Crippen molar-refractivity contribution in [2.75, 3.05) is 16.4 Å². The molecule has 1 aromatic heterocycles. The van der Waals surface area contributed by atoms with Gasteiger partial charge in [-0.15, -0.1) is 10.2 Å². The lowest BCUT2D eigenvalue weighted by Gasteiger charge is -2.06. The van der Waals surface area contributed by atoms with E-state index >= 15 is 0 Å². The van der Waals surface area contributed by atoms with E-state index in [4.69, 9.17) is 0 Å². The first-order chi connectivity index (χ1) is 13.8. The lowest BCUT2D eigenvalue weighted by Crippen LogP contribution is -2.15. The number of anilines is 3. The number of rotatable bonds is 7. The molecule has 0 saturated heterocycles. The molecule has 2 aromatic carbocycles. The summed E-state index contributed by atoms with van der Waals surface area (Å²) in [6.45, 7) is 5.85. The van der Waals surface area contributed by atoms with E-state index in [9.17, 15) is 14.9 Å². The quantitative estimate of drug-likeness (QED) is 0.314. The molecular weight excluding hydrogens is 410 g/mol. The van der Waals surface area contributed by atoms with Gasteiger partial charge < -0.3 is 10.6 Å². The predicted molar refractivity (Wildman–Crippen MR) is 116 cm³/mol. The number of hydrogen-bond donors (Lipinski definition) is 2. The molecule has 0 spiro atoms. The zero-order valence-electron chi connectivity index (χ0n) is 16.1. The van der Waals surface area contributed by atoms with Gasteiger partial charge in [0.05, 0.1) is 10.7 Å². The molecule has 0 radical (unpaired) electrons. The zero-order valence-corrected chi connectivity index (χ0v) is 17.7. The Bertz CT molecular complexity index is 1070. The average molecular weight is 430 g/mol. The molecule has 0 saturated carbocycles. The second kappa shape index (κ2) is 9.01. The lowest BCUT2D eigenvalue weighted by atomic mass is 10.1. The van der Waals surface area contributed by atoms with Crippen LogP contribution in [0.15, 0.2) is 40.7 Å². The summed E-state index contributed by atoms with van der Waals surface area (Å²) in [4.78, 5) is 22.8. The van der Waals surface area contributed by atoms with Crippen molar-refractivity contribution in [3.8, 4) is 0 Å². The van der Waals surface area contributed by atoms with Crippen LogP contribution >= 0.6 is 23.1 Å². The number of nitro benzene ring substituents is 1. The molecule has 150 valence electrons. The van der Waals surface area contributed by atoms with Crippen LogP contribution in [0.4, 0.5) is 22.2 Å². The molecule has 0 fully saturated rings. The van der Waals surface area contributed by atoms with Crippen LogP contribution in [0.5, 0.6) is 0 Å². The van der Waals surface area contributed by atoms with E-state index in [0.29, 0.717) is 9.47 Å². The summed E-state index contributed by atoms with van der Waals surface area (Å²) in [6.07, 6.45) is 0. The minimum absolute atomic E-state index is 0.0727. The highest BCUT2D eigenvalue weighted by Crippen LogP contribution is 2.29. The molecule has 29 heavy (non-hydrogen) atoms. The Morgan fingerprint density at radius 2 is 1.93 bits per heavy atom. The summed E-state index contributed by atoms with van der Waals surface area (Å²) in [5.41, 5.74) is 4.12. The average Bonchev–Trinajstić information content (AvgIpc) is 3.12. The molecule has 1 amide bonds. The third kappa shape index (κ3) is 5.52. The summed E-state index contributed by atoms with van der Waals surface area (Å²) >= 11 is 2.56. The number of carbonyl (C=O) groups is 1. The molecule has 2 N–H and O–H groups in total. The summed E-state index contributed by atoms with van der Waals surface area (Å²) in [7, 11) is 0. The van der Waals surface area contributed by atoms with Crippen LogP contribution < -0.4 is 10.6 Å². The molecule has 3 rings (SSSR count). The zero-order chi connectivity index (χ0) is 21.0. The second-order valence-corrected chi connectivity index (χ2v) is 8.61. The Morgan fingerprint density at radius 3 is 2.66 bits per heavy atom. The maximum Gasteiger partial charge on any atom is 0.293 e. The summed E-state index contributed by atoms with van der Waals surface area (Å²) < 4.78 is 0.630. The van der Waals surface area contributed by atoms with E-state index in [1.54, 1.807) is 13.0 Å². The van der Waals surface area contributed by atoms with E-state index in [0.717, 1.165) is 11.3 Å². The van der Waals surface area contributed by atoms with Crippen LogP contribution in [0.2, 0.25) is 0 Å². The highest BCUT2D eigenvalue weighted by Gasteiger charge is 2.16. The van der Waals surface area contributed by atoms with Gasteiger partial charge in [-0.3, -0.25) is 14.9 Å². The van der Waals surface area contributed by atoms with Crippen LogP contribution in [0.3, 0.4) is 0 Å². The third-order valence-electron chi connectivity index (χ3n) is 4.12. The number of benzene rings is 2. The first kappa shape index (κ1) is 20.7. The molecule has 0 bridgehead atoms. The molecule has 0 aliphatic heterocycles. The number of carbonyl (C=O) groups excluding carboxylic acids is 1. The fourth-order valence-electron chi connectivity index (χ4n) is 2.47. The number of nitrogens with one attached hydrogen (secondary N) is 2. The monoisotopic (exact) mass is 429 g/mol. The van der Waals surface area contributed by atoms with Crippen molar-refractivity contribution in [3.63, 3.8) is 0 Å². The number of thioether (sulfide) groups is 1. The second-order valence-electron chi connectivity index (χ2n) is 6.41. The van der Waals surface area contributed by atoms with Gasteiger partial charge in [0.2, 0.25) is 11.0 Å². The summed E-state index contributed by atoms with van der Waals surface area (Å²) in [6, 6.07) is 10.7. The van der Waals surface area contributed by atoms with Crippen molar-refractivity contribution >= 4 is 51.2 Å². The number of nitrogens with zero attached hydrogens (tertiary/aromatic N) is 3. The van der Waals surface area contributed by atoms with Gasteiger partial charge in [0, 0.05) is 11.8 Å². The largest absolute Gasteiger partial charge is 0.330 e. The number of aromatic nitrogens is 2. The van der Waals surface area contributed by atoms with Gasteiger partial charge in [0.1, 0.15) is 5.69 Å². The van der Waals surface area contributed by atoms with Crippen LogP contribution in [0, 0.1) is 30.9 Å². The van der Waals surface area contributed by atoms with Crippen molar-refractivity contribution in [2.24, 2.45) is 0 Å². The first-order valence-electron chi connectivity index (χ1n) is 8.67. The van der Waals surface area contributed by atoms with E-state index in [-0.39, 0.29) is 23.0 Å². The van der Waals surface area contributed by atoms with E-state index in [2.05, 4.69) is 27.8 Å². The highest BCUT2D eigenvalue weighted by molar-refractivity contribution is 8.01. The molecule has 0 atom stereocenters. The van der Waals surface area contributed by atoms with Crippen molar-refractivity contribution in [3.05, 3.63) is 63.2 Å². The van der Waals surface area contributed by atoms with Crippen molar-refractivity contribution in [1.29, 1.82) is 0 Å². The Balaban J connectivity index is 1.57. The van der Waals surface area contributed by atoms with Gasteiger partial charge in [-0.1, -0.05) is 35.2 Å². The normalized spacial score (nSPS) is 10.6. The maximum absolute atomic E-state index is 12.2. The molecule has 1 heterocycles. The molecule has 8 nitrogen and oxygen atoms in total. The van der Waals surface area contributed by atoms with Crippen LogP contribution in [0.25, 0.3) is 0 Å². The number of nitro groups is 1. The molecule has 0 aliphatic rings. The molecule has 3 aromatic rings.